The molecule has 4 rings (SSSR count). The monoisotopic (exact) mass is 339 g/mol. The van der Waals surface area contributed by atoms with Crippen molar-refractivity contribution >= 4 is 17.4 Å². The van der Waals surface area contributed by atoms with Gasteiger partial charge in [-0.25, -0.2) is 15.0 Å². The van der Waals surface area contributed by atoms with Gasteiger partial charge >= 0.3 is 0 Å². The Kier molecular flexibility index (Phi) is 3.88. The maximum atomic E-state index is 6.24. The van der Waals surface area contributed by atoms with Crippen LogP contribution in [0, 0.1) is 0 Å². The minimum Gasteiger partial charge on any atom is -0.467 e. The molecule has 0 saturated carbocycles. The van der Waals surface area contributed by atoms with Crippen molar-refractivity contribution in [2.75, 3.05) is 5.32 Å². The summed E-state index contributed by atoms with van der Waals surface area (Å²) in [5.41, 5.74) is 1.72. The van der Waals surface area contributed by atoms with Crippen LogP contribution in [0.5, 0.6) is 0 Å². The maximum Gasteiger partial charge on any atom is 0.165 e. The molecule has 2 aliphatic rings. The number of furan rings is 1. The van der Waals surface area contributed by atoms with Crippen LogP contribution >= 0.6 is 11.6 Å². The molecule has 6 nitrogen and oxygen atoms in total. The van der Waals surface area contributed by atoms with Crippen molar-refractivity contribution in [1.29, 1.82) is 0 Å². The molecule has 1 aromatic carbocycles. The van der Waals surface area contributed by atoms with E-state index in [1.807, 2.05) is 41.0 Å². The Morgan fingerprint density at radius 3 is 2.83 bits per heavy atom. The summed E-state index contributed by atoms with van der Waals surface area (Å²) in [6.07, 6.45) is 4.92. The van der Waals surface area contributed by atoms with Gasteiger partial charge in [0.05, 0.1) is 25.7 Å². The molecule has 0 atom stereocenters. The third-order valence-corrected chi connectivity index (χ3v) is 4.08. The van der Waals surface area contributed by atoms with Crippen molar-refractivity contribution in [3.8, 4) is 11.5 Å². The average molecular weight is 340 g/mol. The first kappa shape index (κ1) is 14.7. The highest BCUT2D eigenvalue weighted by Crippen LogP contribution is 2.26. The number of halogens is 1. The van der Waals surface area contributed by atoms with Crippen LogP contribution in [0.25, 0.3) is 11.5 Å². The maximum absolute atomic E-state index is 6.24. The molecule has 0 radical (unpaired) electrons. The van der Waals surface area contributed by atoms with E-state index >= 15 is 0 Å². The first-order valence-corrected chi connectivity index (χ1v) is 7.84. The van der Waals surface area contributed by atoms with Crippen LogP contribution < -0.4 is 5.32 Å². The minimum atomic E-state index is 0.538. The van der Waals surface area contributed by atoms with Crippen molar-refractivity contribution in [2.24, 2.45) is 0 Å². The number of hydrogen-bond acceptors (Lipinski definition) is 5. The standard InChI is InChI=1S/C17H14ClN5O/c18-14-6-2-1-4-12(14)9-23-11-22-16(15-17(23)21-10-20-15)19-8-13-5-3-7-24-13/h1-7,10-11,19H,8-9H2. The Hall–Kier alpha value is -2.86. The molecule has 0 fully saturated rings. The van der Waals surface area contributed by atoms with E-state index in [-0.39, 0.29) is 0 Å². The van der Waals surface area contributed by atoms with Crippen LogP contribution in [-0.2, 0) is 13.1 Å². The molecular formula is C17H14ClN5O. The Morgan fingerprint density at radius 1 is 1.08 bits per heavy atom. The number of rotatable bonds is 5. The van der Waals surface area contributed by atoms with Crippen LogP contribution in [0.3, 0.4) is 0 Å². The first-order chi connectivity index (χ1) is 11.8. The molecule has 0 bridgehead atoms. The quantitative estimate of drug-likeness (QED) is 0.600. The predicted octanol–water partition coefficient (Wildman–Crippen LogP) is 3.68. The van der Waals surface area contributed by atoms with Crippen LogP contribution in [0.1, 0.15) is 11.3 Å². The van der Waals surface area contributed by atoms with E-state index < -0.39 is 0 Å². The van der Waals surface area contributed by atoms with E-state index in [0.29, 0.717) is 18.9 Å². The first-order valence-electron chi connectivity index (χ1n) is 7.47. The van der Waals surface area contributed by atoms with E-state index in [9.17, 15) is 0 Å². The van der Waals surface area contributed by atoms with E-state index in [0.717, 1.165) is 27.9 Å². The van der Waals surface area contributed by atoms with Crippen molar-refractivity contribution < 1.29 is 4.42 Å². The summed E-state index contributed by atoms with van der Waals surface area (Å²) in [6, 6.07) is 11.5. The van der Waals surface area contributed by atoms with Gasteiger partial charge in [-0.2, -0.15) is 0 Å². The zero-order valence-corrected chi connectivity index (χ0v) is 13.4. The lowest BCUT2D eigenvalue weighted by Gasteiger charge is -2.14. The second kappa shape index (κ2) is 6.33. The molecule has 7 heteroatoms. The highest BCUT2D eigenvalue weighted by molar-refractivity contribution is 6.31. The van der Waals surface area contributed by atoms with Gasteiger partial charge in [0.25, 0.3) is 0 Å². The number of nitrogens with zero attached hydrogens (tertiary/aromatic N) is 4. The molecular weight excluding hydrogens is 326 g/mol. The van der Waals surface area contributed by atoms with Gasteiger partial charge in [0, 0.05) is 5.02 Å². The van der Waals surface area contributed by atoms with E-state index in [4.69, 9.17) is 16.0 Å². The minimum absolute atomic E-state index is 0.538. The van der Waals surface area contributed by atoms with E-state index in [1.165, 1.54) is 6.33 Å². The molecule has 1 aromatic heterocycles. The number of fused-ring (bicyclic) bond motifs is 1. The Labute approximate surface area is 143 Å². The second-order valence-electron chi connectivity index (χ2n) is 5.29. The summed E-state index contributed by atoms with van der Waals surface area (Å²) in [6.45, 7) is 1.12. The van der Waals surface area contributed by atoms with Crippen LogP contribution in [0.4, 0.5) is 5.82 Å². The molecule has 24 heavy (non-hydrogen) atoms. The largest absolute Gasteiger partial charge is 0.467 e. The fraction of sp³-hybridized carbons (Fsp3) is 0.118. The lowest BCUT2D eigenvalue weighted by atomic mass is 10.2. The second-order valence-corrected chi connectivity index (χ2v) is 5.70. The zero-order valence-electron chi connectivity index (χ0n) is 12.7. The molecule has 1 N–H and O–H groups in total. The average Bonchev–Trinajstić information content (AvgIpc) is 3.27. The summed E-state index contributed by atoms with van der Waals surface area (Å²) in [7, 11) is 0. The third kappa shape index (κ3) is 2.83. The lowest BCUT2D eigenvalue weighted by molar-refractivity contribution is 0.517. The summed E-state index contributed by atoms with van der Waals surface area (Å²) in [5.74, 6) is 2.26. The molecule has 3 heterocycles. The number of anilines is 1. The van der Waals surface area contributed by atoms with Gasteiger partial charge in [-0.15, -0.1) is 0 Å². The van der Waals surface area contributed by atoms with E-state index in [2.05, 4.69) is 20.3 Å². The number of hydrogen-bond donors (Lipinski definition) is 1. The van der Waals surface area contributed by atoms with Crippen molar-refractivity contribution in [3.63, 3.8) is 0 Å². The number of nitrogens with one attached hydrogen (secondary N) is 1. The zero-order chi connectivity index (χ0) is 16.4. The molecule has 0 aliphatic carbocycles. The normalized spacial score (nSPS) is 11.0. The van der Waals surface area contributed by atoms with Gasteiger partial charge in [-0.3, -0.25) is 0 Å². The lowest BCUT2D eigenvalue weighted by Crippen LogP contribution is -2.11. The van der Waals surface area contributed by atoms with Gasteiger partial charge in [0.1, 0.15) is 12.1 Å². The topological polar surface area (TPSA) is 68.8 Å². The Bertz CT molecular complexity index is 919. The van der Waals surface area contributed by atoms with E-state index in [1.54, 1.807) is 12.6 Å². The highest BCUT2D eigenvalue weighted by atomic mass is 35.5. The smallest absolute Gasteiger partial charge is 0.165 e. The molecule has 0 amide bonds. The fourth-order valence-corrected chi connectivity index (χ4v) is 2.72. The van der Waals surface area contributed by atoms with Gasteiger partial charge in [0.2, 0.25) is 0 Å². The van der Waals surface area contributed by atoms with Crippen molar-refractivity contribution in [2.45, 2.75) is 13.1 Å². The summed E-state index contributed by atoms with van der Waals surface area (Å²) < 4.78 is 7.25. The third-order valence-electron chi connectivity index (χ3n) is 3.71. The van der Waals surface area contributed by atoms with Gasteiger partial charge in [-0.1, -0.05) is 29.8 Å². The molecule has 2 aromatic rings. The molecule has 2 aliphatic heterocycles. The summed E-state index contributed by atoms with van der Waals surface area (Å²) >= 11 is 6.24. The van der Waals surface area contributed by atoms with Gasteiger partial charge < -0.3 is 14.3 Å². The SMILES string of the molecule is Clc1ccccc1Cn1cnc(NCc2ccco2)c2ncnc1-2. The van der Waals surface area contributed by atoms with Gasteiger partial charge in [-0.05, 0) is 23.8 Å². The van der Waals surface area contributed by atoms with Gasteiger partial charge in [0.15, 0.2) is 17.3 Å². The number of benzene rings is 1. The van der Waals surface area contributed by atoms with Crippen LogP contribution in [-0.4, -0.2) is 19.5 Å². The van der Waals surface area contributed by atoms with Crippen LogP contribution in [0.2, 0.25) is 5.02 Å². The van der Waals surface area contributed by atoms with Crippen molar-refractivity contribution in [3.05, 3.63) is 71.7 Å². The highest BCUT2D eigenvalue weighted by Gasteiger charge is 2.17. The molecule has 120 valence electrons. The number of imidazole rings is 1. The number of aromatic nitrogens is 4. The van der Waals surface area contributed by atoms with Crippen LogP contribution in [0.15, 0.2) is 59.7 Å². The molecule has 0 spiro atoms. The van der Waals surface area contributed by atoms with Crippen molar-refractivity contribution in [1.82, 2.24) is 19.5 Å². The Balaban J connectivity index is 1.61. The predicted molar refractivity (Wildman–Crippen MR) is 91.0 cm³/mol. The fourth-order valence-electron chi connectivity index (χ4n) is 2.52. The molecule has 0 unspecified atom stereocenters. The Morgan fingerprint density at radius 2 is 2.00 bits per heavy atom. The molecule has 0 saturated heterocycles. The summed E-state index contributed by atoms with van der Waals surface area (Å²) in [5, 5.41) is 3.95. The summed E-state index contributed by atoms with van der Waals surface area (Å²) in [4.78, 5) is 13.1.